The molecule has 1 aliphatic rings. The van der Waals surface area contributed by atoms with E-state index in [-0.39, 0.29) is 0 Å². The van der Waals surface area contributed by atoms with Crippen molar-refractivity contribution in [1.29, 1.82) is 0 Å². The van der Waals surface area contributed by atoms with Crippen molar-refractivity contribution < 1.29 is 4.74 Å². The Bertz CT molecular complexity index is 194. The number of rotatable bonds is 1. The summed E-state index contributed by atoms with van der Waals surface area (Å²) in [5, 5.41) is 0. The Morgan fingerprint density at radius 3 is 1.71 bits per heavy atom. The third-order valence-corrected chi connectivity index (χ3v) is 4.51. The molecule has 1 aliphatic carbocycles. The molecule has 3 heteroatoms. The predicted octanol–water partition coefficient (Wildman–Crippen LogP) is 5.32. The molecule has 0 aromatic rings. The van der Waals surface area contributed by atoms with E-state index >= 15 is 0 Å². The molecule has 0 saturated heterocycles. The first kappa shape index (κ1) is 15.3. The van der Waals surface area contributed by atoms with Crippen LogP contribution in [0.4, 0.5) is 0 Å². The standard InChI is InChI=1S/C14H26OS2/c1-17-14(16)15-13-11-9-7-5-3-2-4-6-8-10-12-13/h13H,2-12H2,1H3. The molecule has 0 N–H and O–H groups in total. The molecule has 0 aromatic carbocycles. The van der Waals surface area contributed by atoms with Crippen molar-refractivity contribution in [2.75, 3.05) is 6.26 Å². The molecule has 17 heavy (non-hydrogen) atoms. The lowest BCUT2D eigenvalue weighted by atomic mass is 9.99. The van der Waals surface area contributed by atoms with Gasteiger partial charge < -0.3 is 4.74 Å². The highest BCUT2D eigenvalue weighted by Crippen LogP contribution is 2.20. The van der Waals surface area contributed by atoms with Crippen LogP contribution in [0.1, 0.15) is 70.6 Å². The Morgan fingerprint density at radius 2 is 1.29 bits per heavy atom. The van der Waals surface area contributed by atoms with E-state index in [2.05, 4.69) is 0 Å². The fourth-order valence-electron chi connectivity index (χ4n) is 2.43. The summed E-state index contributed by atoms with van der Waals surface area (Å²) >= 11 is 6.72. The Hall–Kier alpha value is 0.240. The number of ether oxygens (including phenoxy) is 1. The van der Waals surface area contributed by atoms with E-state index in [0.717, 1.165) is 4.38 Å². The molecule has 0 radical (unpaired) electrons. The van der Waals surface area contributed by atoms with E-state index in [1.807, 2.05) is 6.26 Å². The zero-order valence-corrected chi connectivity index (χ0v) is 12.7. The summed E-state index contributed by atoms with van der Waals surface area (Å²) in [7, 11) is 0. The smallest absolute Gasteiger partial charge is 0.219 e. The molecule has 1 fully saturated rings. The molecule has 1 saturated carbocycles. The van der Waals surface area contributed by atoms with Crippen LogP contribution in [-0.2, 0) is 4.74 Å². The minimum Gasteiger partial charge on any atom is -0.475 e. The minimum absolute atomic E-state index is 0.384. The highest BCUT2D eigenvalue weighted by atomic mass is 32.2. The van der Waals surface area contributed by atoms with Crippen LogP contribution in [-0.4, -0.2) is 16.7 Å². The van der Waals surface area contributed by atoms with Crippen LogP contribution in [0.5, 0.6) is 0 Å². The van der Waals surface area contributed by atoms with Gasteiger partial charge in [0.25, 0.3) is 0 Å². The Labute approximate surface area is 116 Å². The lowest BCUT2D eigenvalue weighted by molar-refractivity contribution is 0.170. The molecule has 0 heterocycles. The third kappa shape index (κ3) is 8.04. The van der Waals surface area contributed by atoms with Crippen molar-refractivity contribution in [3.8, 4) is 0 Å². The summed E-state index contributed by atoms with van der Waals surface area (Å²) < 4.78 is 6.56. The van der Waals surface area contributed by atoms with E-state index < -0.39 is 0 Å². The van der Waals surface area contributed by atoms with Gasteiger partial charge in [0.2, 0.25) is 4.38 Å². The second kappa shape index (κ2) is 10.2. The number of hydrogen-bond donors (Lipinski definition) is 0. The maximum Gasteiger partial charge on any atom is 0.219 e. The number of thioether (sulfide) groups is 1. The van der Waals surface area contributed by atoms with Gasteiger partial charge >= 0.3 is 0 Å². The average Bonchev–Trinajstić information content (AvgIpc) is 2.32. The Morgan fingerprint density at radius 1 is 0.882 bits per heavy atom. The molecule has 1 nitrogen and oxygen atoms in total. The summed E-state index contributed by atoms with van der Waals surface area (Å²) in [5.74, 6) is 0. The minimum atomic E-state index is 0.384. The third-order valence-electron chi connectivity index (χ3n) is 3.48. The fraction of sp³-hybridized carbons (Fsp3) is 0.929. The van der Waals surface area contributed by atoms with E-state index in [1.165, 1.54) is 70.6 Å². The zero-order valence-electron chi connectivity index (χ0n) is 11.1. The van der Waals surface area contributed by atoms with Gasteiger partial charge in [-0.3, -0.25) is 0 Å². The summed E-state index contributed by atoms with van der Waals surface area (Å²) in [5.41, 5.74) is 0. The quantitative estimate of drug-likeness (QED) is 0.599. The van der Waals surface area contributed by atoms with E-state index in [1.54, 1.807) is 11.8 Å². The van der Waals surface area contributed by atoms with Crippen LogP contribution < -0.4 is 0 Å². The number of hydrogen-bond acceptors (Lipinski definition) is 3. The first-order chi connectivity index (χ1) is 8.33. The van der Waals surface area contributed by atoms with Crippen LogP contribution >= 0.6 is 24.0 Å². The molecule has 1 rings (SSSR count). The SMILES string of the molecule is CSC(=S)OC1CCCCCCCCCCC1. The van der Waals surface area contributed by atoms with Gasteiger partial charge in [-0.2, -0.15) is 0 Å². The van der Waals surface area contributed by atoms with E-state index in [4.69, 9.17) is 17.0 Å². The van der Waals surface area contributed by atoms with Gasteiger partial charge in [-0.25, -0.2) is 0 Å². The first-order valence-electron chi connectivity index (χ1n) is 7.07. The van der Waals surface area contributed by atoms with E-state index in [9.17, 15) is 0 Å². The van der Waals surface area contributed by atoms with Crippen LogP contribution in [0.15, 0.2) is 0 Å². The fourth-order valence-corrected chi connectivity index (χ4v) is 2.80. The molecular formula is C14H26OS2. The average molecular weight is 274 g/mol. The topological polar surface area (TPSA) is 9.23 Å². The van der Waals surface area contributed by atoms with Gasteiger partial charge in [0.05, 0.1) is 0 Å². The molecular weight excluding hydrogens is 248 g/mol. The van der Waals surface area contributed by atoms with Gasteiger partial charge in [0.15, 0.2) is 0 Å². The molecule has 0 spiro atoms. The monoisotopic (exact) mass is 274 g/mol. The zero-order chi connectivity index (χ0) is 12.3. The largest absolute Gasteiger partial charge is 0.475 e. The van der Waals surface area contributed by atoms with Gasteiger partial charge in [0.1, 0.15) is 6.10 Å². The number of thiocarbonyl (C=S) groups is 1. The van der Waals surface area contributed by atoms with Gasteiger partial charge in [-0.05, 0) is 44.2 Å². The van der Waals surface area contributed by atoms with Gasteiger partial charge in [0, 0.05) is 0 Å². The molecule has 0 unspecified atom stereocenters. The predicted molar refractivity (Wildman–Crippen MR) is 81.8 cm³/mol. The summed E-state index contributed by atoms with van der Waals surface area (Å²) in [6, 6.07) is 0. The lowest BCUT2D eigenvalue weighted by Crippen LogP contribution is -2.15. The Kier molecular flexibility index (Phi) is 9.17. The second-order valence-electron chi connectivity index (χ2n) is 4.95. The second-order valence-corrected chi connectivity index (χ2v) is 6.36. The molecule has 0 aliphatic heterocycles. The van der Waals surface area contributed by atoms with E-state index in [0.29, 0.717) is 6.10 Å². The van der Waals surface area contributed by atoms with Crippen molar-refractivity contribution >= 4 is 28.4 Å². The van der Waals surface area contributed by atoms with Crippen LogP contribution in [0.3, 0.4) is 0 Å². The normalized spacial score (nSPS) is 21.2. The first-order valence-corrected chi connectivity index (χ1v) is 8.71. The van der Waals surface area contributed by atoms with Crippen molar-refractivity contribution in [2.24, 2.45) is 0 Å². The molecule has 0 bridgehead atoms. The Balaban J connectivity index is 2.29. The highest BCUT2D eigenvalue weighted by Gasteiger charge is 2.12. The van der Waals surface area contributed by atoms with Crippen molar-refractivity contribution in [3.05, 3.63) is 0 Å². The van der Waals surface area contributed by atoms with Crippen molar-refractivity contribution in [3.63, 3.8) is 0 Å². The molecule has 0 atom stereocenters. The highest BCUT2D eigenvalue weighted by molar-refractivity contribution is 8.22. The summed E-state index contributed by atoms with van der Waals surface area (Å²) in [4.78, 5) is 0. The maximum absolute atomic E-state index is 5.84. The molecule has 100 valence electrons. The van der Waals surface area contributed by atoms with Crippen molar-refractivity contribution in [2.45, 2.75) is 76.7 Å². The summed E-state index contributed by atoms with van der Waals surface area (Å²) in [6.07, 6.45) is 17.2. The molecule has 0 amide bonds. The molecule has 0 aromatic heterocycles. The van der Waals surface area contributed by atoms with Gasteiger partial charge in [-0.15, -0.1) is 0 Å². The maximum atomic E-state index is 5.84. The van der Waals surface area contributed by atoms with Crippen molar-refractivity contribution in [1.82, 2.24) is 0 Å². The lowest BCUT2D eigenvalue weighted by Gasteiger charge is -2.19. The summed E-state index contributed by atoms with van der Waals surface area (Å²) in [6.45, 7) is 0. The van der Waals surface area contributed by atoms with Crippen LogP contribution in [0.25, 0.3) is 0 Å². The van der Waals surface area contributed by atoms with Gasteiger partial charge in [-0.1, -0.05) is 56.7 Å². The van der Waals surface area contributed by atoms with Crippen LogP contribution in [0.2, 0.25) is 0 Å². The van der Waals surface area contributed by atoms with Crippen LogP contribution in [0, 0.1) is 0 Å².